The Morgan fingerprint density at radius 1 is 1.39 bits per heavy atom. The normalized spacial score (nSPS) is 43.0. The third-order valence-corrected chi connectivity index (χ3v) is 4.76. The number of morpholine rings is 1. The molecule has 2 saturated heterocycles. The Balaban J connectivity index is 2.13. The molecule has 0 bridgehead atoms. The summed E-state index contributed by atoms with van der Waals surface area (Å²) >= 11 is 0. The van der Waals surface area contributed by atoms with Gasteiger partial charge in [-0.25, -0.2) is 0 Å². The molecule has 0 aromatic rings. The van der Waals surface area contributed by atoms with Crippen molar-refractivity contribution in [2.24, 2.45) is 5.73 Å². The molecule has 3 atom stereocenters. The van der Waals surface area contributed by atoms with Gasteiger partial charge in [-0.05, 0) is 33.1 Å². The van der Waals surface area contributed by atoms with Crippen molar-refractivity contribution in [1.29, 1.82) is 0 Å². The third-order valence-electron chi connectivity index (χ3n) is 4.76. The fraction of sp³-hybridized carbons (Fsp3) is 1.00. The van der Waals surface area contributed by atoms with Crippen LogP contribution in [0.4, 0.5) is 0 Å². The van der Waals surface area contributed by atoms with Gasteiger partial charge in [-0.3, -0.25) is 4.90 Å². The first-order chi connectivity index (χ1) is 8.53. The van der Waals surface area contributed by atoms with Gasteiger partial charge in [0.25, 0.3) is 0 Å². The van der Waals surface area contributed by atoms with E-state index in [-0.39, 0.29) is 11.1 Å². The highest BCUT2D eigenvalue weighted by molar-refractivity contribution is 5.01. The van der Waals surface area contributed by atoms with Crippen LogP contribution in [-0.2, 0) is 9.47 Å². The van der Waals surface area contributed by atoms with Gasteiger partial charge in [0.05, 0.1) is 18.3 Å². The highest BCUT2D eigenvalue weighted by Crippen LogP contribution is 2.38. The van der Waals surface area contributed by atoms with Crippen LogP contribution in [0, 0.1) is 0 Å². The number of nitrogens with two attached hydrogens (primary N) is 1. The predicted molar refractivity (Wildman–Crippen MR) is 72.7 cm³/mol. The average molecular weight is 256 g/mol. The van der Waals surface area contributed by atoms with Crippen molar-refractivity contribution in [3.05, 3.63) is 0 Å². The second-order valence-corrected chi connectivity index (χ2v) is 6.13. The van der Waals surface area contributed by atoms with E-state index in [0.717, 1.165) is 52.1 Å². The summed E-state index contributed by atoms with van der Waals surface area (Å²) in [5.74, 6) is 0. The van der Waals surface area contributed by atoms with E-state index < -0.39 is 0 Å². The average Bonchev–Trinajstić information content (AvgIpc) is 2.39. The Labute approximate surface area is 111 Å². The summed E-state index contributed by atoms with van der Waals surface area (Å²) in [6, 6.07) is 0. The molecule has 106 valence electrons. The molecular formula is C14H28N2O2. The lowest BCUT2D eigenvalue weighted by atomic mass is 9.77. The second kappa shape index (κ2) is 5.45. The first-order valence-corrected chi connectivity index (χ1v) is 7.24. The minimum Gasteiger partial charge on any atom is -0.376 e. The van der Waals surface area contributed by atoms with E-state index in [4.69, 9.17) is 15.2 Å². The van der Waals surface area contributed by atoms with Gasteiger partial charge in [-0.15, -0.1) is 0 Å². The Kier molecular flexibility index (Phi) is 4.32. The van der Waals surface area contributed by atoms with Crippen LogP contribution in [0.2, 0.25) is 0 Å². The van der Waals surface area contributed by atoms with E-state index in [1.165, 1.54) is 0 Å². The zero-order chi connectivity index (χ0) is 13.2. The van der Waals surface area contributed by atoms with Crippen molar-refractivity contribution in [3.8, 4) is 0 Å². The lowest BCUT2D eigenvalue weighted by molar-refractivity contribution is -0.149. The van der Waals surface area contributed by atoms with Crippen molar-refractivity contribution in [1.82, 2.24) is 4.90 Å². The summed E-state index contributed by atoms with van der Waals surface area (Å²) in [6.45, 7) is 10.9. The maximum absolute atomic E-state index is 6.15. The van der Waals surface area contributed by atoms with Crippen molar-refractivity contribution in [3.63, 3.8) is 0 Å². The molecule has 0 aliphatic carbocycles. The number of rotatable bonds is 3. The van der Waals surface area contributed by atoms with Gasteiger partial charge >= 0.3 is 0 Å². The Hall–Kier alpha value is -0.160. The quantitative estimate of drug-likeness (QED) is 0.829. The summed E-state index contributed by atoms with van der Waals surface area (Å²) in [4.78, 5) is 2.55. The standard InChI is InChI=1S/C14H28N2O2/c1-4-13(3)10-14(11-15,5-7-18-13)16-6-8-17-12(2)9-16/h12H,4-11,15H2,1-3H3. The zero-order valence-corrected chi connectivity index (χ0v) is 12.1. The van der Waals surface area contributed by atoms with Crippen LogP contribution in [0.3, 0.4) is 0 Å². The molecule has 0 saturated carbocycles. The monoisotopic (exact) mass is 256 g/mol. The van der Waals surface area contributed by atoms with Crippen LogP contribution in [0.15, 0.2) is 0 Å². The topological polar surface area (TPSA) is 47.7 Å². The lowest BCUT2D eigenvalue weighted by Crippen LogP contribution is -2.64. The fourth-order valence-electron chi connectivity index (χ4n) is 3.37. The molecule has 0 amide bonds. The molecule has 4 heteroatoms. The van der Waals surface area contributed by atoms with Gasteiger partial charge < -0.3 is 15.2 Å². The van der Waals surface area contributed by atoms with Crippen molar-refractivity contribution >= 4 is 0 Å². The van der Waals surface area contributed by atoms with E-state index in [9.17, 15) is 0 Å². The third kappa shape index (κ3) is 2.72. The van der Waals surface area contributed by atoms with Crippen LogP contribution in [0.1, 0.15) is 40.0 Å². The highest BCUT2D eigenvalue weighted by atomic mass is 16.5. The van der Waals surface area contributed by atoms with Gasteiger partial charge in [0, 0.05) is 31.8 Å². The van der Waals surface area contributed by atoms with E-state index in [1.54, 1.807) is 0 Å². The maximum atomic E-state index is 6.15. The summed E-state index contributed by atoms with van der Waals surface area (Å²) in [5, 5.41) is 0. The largest absolute Gasteiger partial charge is 0.376 e. The summed E-state index contributed by atoms with van der Waals surface area (Å²) < 4.78 is 11.6. The second-order valence-electron chi connectivity index (χ2n) is 6.13. The number of hydrogen-bond donors (Lipinski definition) is 1. The Morgan fingerprint density at radius 3 is 2.78 bits per heavy atom. The van der Waals surface area contributed by atoms with Crippen LogP contribution in [-0.4, -0.2) is 55.0 Å². The summed E-state index contributed by atoms with van der Waals surface area (Å²) in [5.41, 5.74) is 6.25. The summed E-state index contributed by atoms with van der Waals surface area (Å²) in [7, 11) is 0. The first-order valence-electron chi connectivity index (χ1n) is 7.24. The van der Waals surface area contributed by atoms with Gasteiger partial charge in [0.1, 0.15) is 0 Å². The molecule has 0 radical (unpaired) electrons. The minimum absolute atomic E-state index is 0.0147. The number of hydrogen-bond acceptors (Lipinski definition) is 4. The molecule has 2 N–H and O–H groups in total. The predicted octanol–water partition coefficient (Wildman–Crippen LogP) is 1.38. The van der Waals surface area contributed by atoms with E-state index in [1.807, 2.05) is 0 Å². The van der Waals surface area contributed by atoms with Gasteiger partial charge in [0.15, 0.2) is 0 Å². The van der Waals surface area contributed by atoms with Crippen LogP contribution < -0.4 is 5.73 Å². The number of nitrogens with zero attached hydrogens (tertiary/aromatic N) is 1. The van der Waals surface area contributed by atoms with Gasteiger partial charge in [-0.1, -0.05) is 6.92 Å². The molecule has 2 rings (SSSR count). The minimum atomic E-state index is -0.0147. The molecule has 0 aromatic carbocycles. The SMILES string of the molecule is CCC1(C)CC(CN)(N2CCOC(C)C2)CCO1. The van der Waals surface area contributed by atoms with E-state index in [2.05, 4.69) is 25.7 Å². The van der Waals surface area contributed by atoms with Crippen molar-refractivity contribution in [2.75, 3.05) is 32.8 Å². The first kappa shape index (κ1) is 14.3. The molecule has 2 aliphatic heterocycles. The molecule has 18 heavy (non-hydrogen) atoms. The maximum Gasteiger partial charge on any atom is 0.0674 e. The lowest BCUT2D eigenvalue weighted by Gasteiger charge is -2.53. The molecular weight excluding hydrogens is 228 g/mol. The van der Waals surface area contributed by atoms with Crippen LogP contribution in [0.25, 0.3) is 0 Å². The zero-order valence-electron chi connectivity index (χ0n) is 12.1. The molecule has 2 heterocycles. The Bertz CT molecular complexity index is 287. The molecule has 2 aliphatic rings. The highest BCUT2D eigenvalue weighted by Gasteiger charge is 2.46. The van der Waals surface area contributed by atoms with E-state index in [0.29, 0.717) is 6.10 Å². The van der Waals surface area contributed by atoms with Crippen molar-refractivity contribution < 1.29 is 9.47 Å². The van der Waals surface area contributed by atoms with Crippen LogP contribution >= 0.6 is 0 Å². The van der Waals surface area contributed by atoms with Gasteiger partial charge in [-0.2, -0.15) is 0 Å². The molecule has 3 unspecified atom stereocenters. The Morgan fingerprint density at radius 2 is 2.17 bits per heavy atom. The van der Waals surface area contributed by atoms with Crippen molar-refractivity contribution in [2.45, 2.75) is 57.3 Å². The van der Waals surface area contributed by atoms with Crippen LogP contribution in [0.5, 0.6) is 0 Å². The fourth-order valence-corrected chi connectivity index (χ4v) is 3.37. The molecule has 0 spiro atoms. The molecule has 4 nitrogen and oxygen atoms in total. The summed E-state index contributed by atoms with van der Waals surface area (Å²) in [6.07, 6.45) is 3.46. The molecule has 2 fully saturated rings. The molecule has 0 aromatic heterocycles. The van der Waals surface area contributed by atoms with E-state index >= 15 is 0 Å². The number of ether oxygens (including phenoxy) is 2. The van der Waals surface area contributed by atoms with Gasteiger partial charge in [0.2, 0.25) is 0 Å². The smallest absolute Gasteiger partial charge is 0.0674 e.